The van der Waals surface area contributed by atoms with Crippen molar-refractivity contribution in [2.75, 3.05) is 5.32 Å². The number of urea groups is 1. The Morgan fingerprint density at radius 3 is 2.33 bits per heavy atom. The Hall–Kier alpha value is -3.42. The summed E-state index contributed by atoms with van der Waals surface area (Å²) in [6, 6.07) is 7.75. The second-order valence-electron chi connectivity index (χ2n) is 4.85. The minimum absolute atomic E-state index is 0.0977. The second-order valence-corrected chi connectivity index (χ2v) is 4.85. The second kappa shape index (κ2) is 5.99. The number of nitrogens with one attached hydrogen (secondary N) is 2. The van der Waals surface area contributed by atoms with Crippen LogP contribution in [0.25, 0.3) is 10.8 Å². The Kier molecular flexibility index (Phi) is 3.87. The third-order valence-corrected chi connectivity index (χ3v) is 3.29. The van der Waals surface area contributed by atoms with Crippen molar-refractivity contribution in [2.45, 2.75) is 0 Å². The molecule has 0 unspecified atom stereocenters. The van der Waals surface area contributed by atoms with E-state index in [9.17, 15) is 23.2 Å². The SMILES string of the molecule is O=C(NN=c1c(=O)c2cccc(F)c2c1=O)Nc1ccc(F)cc1. The number of fused-ring (bicyclic) bond motifs is 1. The predicted molar refractivity (Wildman–Crippen MR) is 82.9 cm³/mol. The van der Waals surface area contributed by atoms with Crippen LogP contribution in [-0.2, 0) is 0 Å². The van der Waals surface area contributed by atoms with Crippen molar-refractivity contribution in [3.63, 3.8) is 0 Å². The van der Waals surface area contributed by atoms with Crippen LogP contribution in [0.4, 0.5) is 19.3 Å². The summed E-state index contributed by atoms with van der Waals surface area (Å²) >= 11 is 0. The zero-order valence-corrected chi connectivity index (χ0v) is 12.0. The molecule has 3 aromatic carbocycles. The van der Waals surface area contributed by atoms with E-state index in [0.717, 1.165) is 18.2 Å². The van der Waals surface area contributed by atoms with Crippen molar-refractivity contribution in [1.82, 2.24) is 5.43 Å². The molecule has 0 bridgehead atoms. The zero-order valence-electron chi connectivity index (χ0n) is 12.0. The maximum Gasteiger partial charge on any atom is 0.339 e. The highest BCUT2D eigenvalue weighted by atomic mass is 19.1. The molecule has 120 valence electrons. The quantitative estimate of drug-likeness (QED) is 0.696. The Bertz CT molecular complexity index is 1080. The number of rotatable bonds is 2. The summed E-state index contributed by atoms with van der Waals surface area (Å²) in [6.45, 7) is 0. The number of amides is 2. The first-order valence-electron chi connectivity index (χ1n) is 6.75. The molecule has 0 aromatic heterocycles. The van der Waals surface area contributed by atoms with Crippen LogP contribution in [0.5, 0.6) is 0 Å². The van der Waals surface area contributed by atoms with Crippen molar-refractivity contribution in [2.24, 2.45) is 5.10 Å². The first-order valence-corrected chi connectivity index (χ1v) is 6.75. The lowest BCUT2D eigenvalue weighted by Crippen LogP contribution is -2.36. The summed E-state index contributed by atoms with van der Waals surface area (Å²) in [5.74, 6) is -1.30. The molecule has 0 fully saturated rings. The van der Waals surface area contributed by atoms with E-state index in [1.54, 1.807) is 0 Å². The van der Waals surface area contributed by atoms with E-state index in [4.69, 9.17) is 0 Å². The molecule has 0 spiro atoms. The highest BCUT2D eigenvalue weighted by Gasteiger charge is 2.14. The number of hydrogen-bond acceptors (Lipinski definition) is 4. The van der Waals surface area contributed by atoms with Gasteiger partial charge in [-0.2, -0.15) is 5.10 Å². The number of carbonyl (C=O) groups excluding carboxylic acids is 1. The van der Waals surface area contributed by atoms with Gasteiger partial charge in [-0.25, -0.2) is 19.0 Å². The van der Waals surface area contributed by atoms with Gasteiger partial charge in [-0.15, -0.1) is 0 Å². The minimum atomic E-state index is -0.893. The minimum Gasteiger partial charge on any atom is -0.307 e. The lowest BCUT2D eigenvalue weighted by molar-refractivity contribution is 0.252. The molecule has 0 saturated heterocycles. The maximum absolute atomic E-state index is 13.6. The van der Waals surface area contributed by atoms with E-state index in [1.165, 1.54) is 24.3 Å². The van der Waals surface area contributed by atoms with Gasteiger partial charge in [-0.3, -0.25) is 9.59 Å². The molecule has 2 amide bonds. The van der Waals surface area contributed by atoms with Crippen molar-refractivity contribution < 1.29 is 13.6 Å². The standard InChI is InChI=1S/C16H9F2N3O3/c17-8-4-6-9(7-5-8)19-16(24)21-20-13-14(22)10-2-1-3-11(18)12(10)15(13)23/h1-7H,(H2,19,21,24). The van der Waals surface area contributed by atoms with Crippen molar-refractivity contribution >= 4 is 22.5 Å². The molecule has 24 heavy (non-hydrogen) atoms. The van der Waals surface area contributed by atoms with Gasteiger partial charge in [-0.1, -0.05) is 12.1 Å². The molecule has 0 saturated carbocycles. The Balaban J connectivity index is 1.90. The van der Waals surface area contributed by atoms with Gasteiger partial charge >= 0.3 is 6.03 Å². The molecule has 3 rings (SSSR count). The van der Waals surface area contributed by atoms with Gasteiger partial charge in [0.25, 0.3) is 0 Å². The van der Waals surface area contributed by atoms with Gasteiger partial charge in [0, 0.05) is 11.1 Å². The summed E-state index contributed by atoms with van der Waals surface area (Å²) in [5.41, 5.74) is 0.607. The van der Waals surface area contributed by atoms with Crippen LogP contribution in [0, 0.1) is 11.6 Å². The van der Waals surface area contributed by atoms with Crippen LogP contribution in [0.15, 0.2) is 57.2 Å². The Morgan fingerprint density at radius 1 is 0.958 bits per heavy atom. The first-order chi connectivity index (χ1) is 11.5. The highest BCUT2D eigenvalue weighted by molar-refractivity contribution is 5.89. The number of carbonyl (C=O) groups is 1. The molecule has 0 radical (unpaired) electrons. The van der Waals surface area contributed by atoms with Gasteiger partial charge in [0.2, 0.25) is 10.9 Å². The molecular weight excluding hydrogens is 320 g/mol. The molecule has 0 aliphatic rings. The van der Waals surface area contributed by atoms with Gasteiger partial charge in [-0.05, 0) is 30.3 Å². The van der Waals surface area contributed by atoms with Crippen LogP contribution in [0.2, 0.25) is 0 Å². The van der Waals surface area contributed by atoms with E-state index in [0.29, 0.717) is 0 Å². The molecular formula is C16H9F2N3O3. The van der Waals surface area contributed by atoms with E-state index in [2.05, 4.69) is 10.4 Å². The molecule has 8 heteroatoms. The average molecular weight is 329 g/mol. The van der Waals surface area contributed by atoms with E-state index in [1.807, 2.05) is 5.43 Å². The third kappa shape index (κ3) is 2.76. The number of anilines is 1. The average Bonchev–Trinajstić information content (AvgIpc) is 2.80. The number of nitrogens with zero attached hydrogens (tertiary/aromatic N) is 1. The molecule has 0 aliphatic carbocycles. The smallest absolute Gasteiger partial charge is 0.307 e. The number of halogens is 2. The first kappa shape index (κ1) is 15.5. The van der Waals surface area contributed by atoms with Crippen LogP contribution in [-0.4, -0.2) is 6.03 Å². The van der Waals surface area contributed by atoms with Gasteiger partial charge < -0.3 is 5.32 Å². The Morgan fingerprint density at radius 2 is 1.67 bits per heavy atom. The normalized spacial score (nSPS) is 11.7. The third-order valence-electron chi connectivity index (χ3n) is 3.29. The predicted octanol–water partition coefficient (Wildman–Crippen LogP) is 1.35. The largest absolute Gasteiger partial charge is 0.339 e. The van der Waals surface area contributed by atoms with Gasteiger partial charge in [0.15, 0.2) is 5.36 Å². The van der Waals surface area contributed by atoms with Crippen molar-refractivity contribution in [3.05, 3.63) is 79.9 Å². The molecule has 0 atom stereocenters. The maximum atomic E-state index is 13.6. The molecule has 0 heterocycles. The summed E-state index contributed by atoms with van der Waals surface area (Å²) in [7, 11) is 0. The molecule has 2 N–H and O–H groups in total. The molecule has 6 nitrogen and oxygen atoms in total. The fraction of sp³-hybridized carbons (Fsp3) is 0. The van der Waals surface area contributed by atoms with Gasteiger partial charge in [0.05, 0.1) is 5.39 Å². The van der Waals surface area contributed by atoms with Crippen molar-refractivity contribution in [1.29, 1.82) is 0 Å². The molecule has 3 aromatic rings. The number of hydrogen-bond donors (Lipinski definition) is 2. The van der Waals surface area contributed by atoms with Gasteiger partial charge in [0.1, 0.15) is 11.6 Å². The number of benzene rings is 2. The van der Waals surface area contributed by atoms with Crippen LogP contribution < -0.4 is 27.0 Å². The summed E-state index contributed by atoms with van der Waals surface area (Å²) in [6.07, 6.45) is 0. The Labute approximate surface area is 132 Å². The zero-order chi connectivity index (χ0) is 17.3. The summed E-state index contributed by atoms with van der Waals surface area (Å²) in [5, 5.41) is 4.77. The van der Waals surface area contributed by atoms with Crippen LogP contribution in [0.1, 0.15) is 0 Å². The van der Waals surface area contributed by atoms with E-state index < -0.39 is 33.9 Å². The summed E-state index contributed by atoms with van der Waals surface area (Å²) in [4.78, 5) is 35.8. The van der Waals surface area contributed by atoms with E-state index >= 15 is 0 Å². The van der Waals surface area contributed by atoms with Crippen LogP contribution >= 0.6 is 0 Å². The fourth-order valence-corrected chi connectivity index (χ4v) is 2.19. The fourth-order valence-electron chi connectivity index (χ4n) is 2.19. The highest BCUT2D eigenvalue weighted by Crippen LogP contribution is 2.09. The lowest BCUT2D eigenvalue weighted by Gasteiger charge is -2.02. The molecule has 0 aliphatic heterocycles. The lowest BCUT2D eigenvalue weighted by atomic mass is 10.2. The van der Waals surface area contributed by atoms with E-state index in [-0.39, 0.29) is 16.5 Å². The van der Waals surface area contributed by atoms with Crippen molar-refractivity contribution in [3.8, 4) is 0 Å². The van der Waals surface area contributed by atoms with Crippen LogP contribution in [0.3, 0.4) is 0 Å². The monoisotopic (exact) mass is 329 g/mol. The topological polar surface area (TPSA) is 87.6 Å². The summed E-state index contributed by atoms with van der Waals surface area (Å²) < 4.78 is 26.4.